The van der Waals surface area contributed by atoms with Crippen molar-refractivity contribution in [1.82, 2.24) is 9.55 Å². The smallest absolute Gasteiger partial charge is 0.387 e. The van der Waals surface area contributed by atoms with E-state index < -0.39 is 42.8 Å². The summed E-state index contributed by atoms with van der Waals surface area (Å²) in [6.45, 7) is 6.32. The Hall–Kier alpha value is -1.47. The number of hydrogen-bond acceptors (Lipinski definition) is 5. The number of H-pyrrole nitrogens is 1. The maximum Gasteiger partial charge on any atom is 0.450 e. The number of aliphatic hydroxyl groups is 2. The van der Waals surface area contributed by atoms with Crippen LogP contribution in [0.15, 0.2) is 22.5 Å². The normalized spacial score (nSPS) is 28.0. The minimum Gasteiger partial charge on any atom is -0.387 e. The Morgan fingerprint density at radius 1 is 1.43 bits per heavy atom. The largest absolute Gasteiger partial charge is 0.450 e. The Bertz CT molecular complexity index is 750. The summed E-state index contributed by atoms with van der Waals surface area (Å²) in [6, 6.07) is 0. The minimum atomic E-state index is -1.29. The van der Waals surface area contributed by atoms with E-state index in [1.165, 1.54) is 12.5 Å². The maximum atomic E-state index is 12.0. The number of nitrogens with zero attached hydrogens (tertiary/aromatic N) is 2. The molecule has 2 rings (SSSR count). The molecule has 1 unspecified atom stereocenters. The zero-order valence-corrected chi connectivity index (χ0v) is 14.1. The lowest BCUT2D eigenvalue weighted by Crippen LogP contribution is -2.61. The van der Waals surface area contributed by atoms with Crippen LogP contribution in [0.25, 0.3) is 6.20 Å². The summed E-state index contributed by atoms with van der Waals surface area (Å²) in [4.78, 5) is 25.6. The number of aliphatic hydroxyl groups excluding tert-OH is 2. The van der Waals surface area contributed by atoms with E-state index >= 15 is 0 Å². The number of nitrogens with one attached hydrogen (secondary N) is 1. The summed E-state index contributed by atoms with van der Waals surface area (Å²) in [6.07, 6.45) is 3.80. The SMILES string of the molecule is C=Cn1c[n+](C2O[C@H](CCP(=C)(C)C)[C@@H](O)[C@H]2O)c(=O)[nH]c1=O. The van der Waals surface area contributed by atoms with Gasteiger partial charge >= 0.3 is 11.4 Å². The van der Waals surface area contributed by atoms with Crippen LogP contribution in [0.3, 0.4) is 0 Å². The van der Waals surface area contributed by atoms with Crippen molar-refractivity contribution in [2.24, 2.45) is 0 Å². The van der Waals surface area contributed by atoms with Gasteiger partial charge in [-0.3, -0.25) is 0 Å². The molecule has 1 aliphatic heterocycles. The van der Waals surface area contributed by atoms with Gasteiger partial charge in [0.2, 0.25) is 12.6 Å². The van der Waals surface area contributed by atoms with E-state index in [2.05, 4.69) is 31.2 Å². The monoisotopic (exact) mass is 344 g/mol. The third-order valence-electron chi connectivity index (χ3n) is 3.76. The first-order valence-electron chi connectivity index (χ1n) is 7.22. The molecule has 2 heterocycles. The average Bonchev–Trinajstić information content (AvgIpc) is 2.73. The van der Waals surface area contributed by atoms with Crippen molar-refractivity contribution < 1.29 is 19.5 Å². The predicted octanol–water partition coefficient (Wildman–Crippen LogP) is -1.36. The molecule has 0 amide bonds. The third kappa shape index (κ3) is 3.90. The highest BCUT2D eigenvalue weighted by molar-refractivity contribution is 7.72. The van der Waals surface area contributed by atoms with Gasteiger partial charge in [0.15, 0.2) is 0 Å². The number of hydrogen-bond donors (Lipinski definition) is 3. The summed E-state index contributed by atoms with van der Waals surface area (Å²) >= 11 is 0. The molecule has 0 bridgehead atoms. The van der Waals surface area contributed by atoms with E-state index in [9.17, 15) is 19.8 Å². The lowest BCUT2D eigenvalue weighted by atomic mass is 10.1. The van der Waals surface area contributed by atoms with E-state index in [4.69, 9.17) is 4.74 Å². The van der Waals surface area contributed by atoms with E-state index in [1.807, 2.05) is 0 Å². The van der Waals surface area contributed by atoms with Gasteiger partial charge in [0.05, 0.1) is 12.3 Å². The van der Waals surface area contributed by atoms with Gasteiger partial charge in [-0.25, -0.2) is 9.59 Å². The van der Waals surface area contributed by atoms with Gasteiger partial charge in [-0.2, -0.15) is 14.1 Å². The Balaban J connectivity index is 2.28. The first-order valence-corrected chi connectivity index (χ1v) is 10.3. The Morgan fingerprint density at radius 2 is 2.09 bits per heavy atom. The van der Waals surface area contributed by atoms with Crippen LogP contribution in [0.2, 0.25) is 0 Å². The molecule has 0 spiro atoms. The first-order chi connectivity index (χ1) is 10.6. The lowest BCUT2D eigenvalue weighted by molar-refractivity contribution is -0.783. The van der Waals surface area contributed by atoms with Crippen LogP contribution in [0.4, 0.5) is 0 Å². The molecule has 0 aromatic carbocycles. The lowest BCUT2D eigenvalue weighted by Gasteiger charge is -2.18. The van der Waals surface area contributed by atoms with Crippen molar-refractivity contribution in [3.63, 3.8) is 0 Å². The van der Waals surface area contributed by atoms with Crippen LogP contribution < -0.4 is 15.9 Å². The molecule has 9 heteroatoms. The van der Waals surface area contributed by atoms with Crippen LogP contribution >= 0.6 is 6.89 Å². The highest BCUT2D eigenvalue weighted by Crippen LogP contribution is 2.38. The number of aromatic amines is 1. The standard InChI is InChI=1S/C14H22N3O5P/c1-5-16-8-17(14(21)15-13(16)20)12-11(19)10(18)9(22-12)6-7-23(2,3)4/h5,8-12,18-19H,1-2,6-7H2,3-4H3/p+1/t9-,10-,11-,12?/m1/s1. The highest BCUT2D eigenvalue weighted by Gasteiger charge is 2.46. The molecule has 1 aromatic heterocycles. The molecule has 0 aliphatic carbocycles. The second-order valence-corrected chi connectivity index (χ2v) is 10.7. The van der Waals surface area contributed by atoms with Crippen molar-refractivity contribution in [2.45, 2.75) is 31.0 Å². The molecule has 1 aromatic rings. The molecule has 1 saturated heterocycles. The quantitative estimate of drug-likeness (QED) is 0.452. The van der Waals surface area contributed by atoms with Gasteiger partial charge in [-0.05, 0) is 25.9 Å². The number of rotatable bonds is 5. The second-order valence-electron chi connectivity index (χ2n) is 6.34. The summed E-state index contributed by atoms with van der Waals surface area (Å²) in [5.41, 5.74) is -1.37. The topological polar surface area (TPSA) is 108 Å². The summed E-state index contributed by atoms with van der Waals surface area (Å²) in [5.74, 6) is 0. The molecule has 1 fully saturated rings. The van der Waals surface area contributed by atoms with Crippen LogP contribution in [0.1, 0.15) is 12.6 Å². The Labute approximate surface area is 133 Å². The minimum absolute atomic E-state index is 0.540. The summed E-state index contributed by atoms with van der Waals surface area (Å²) in [5, 5.41) is 20.4. The molecule has 23 heavy (non-hydrogen) atoms. The number of ether oxygens (including phenoxy) is 1. The van der Waals surface area contributed by atoms with Gasteiger partial charge in [0.25, 0.3) is 0 Å². The number of aromatic nitrogens is 3. The molecule has 1 aliphatic rings. The van der Waals surface area contributed by atoms with Gasteiger partial charge in [-0.1, -0.05) is 6.58 Å². The van der Waals surface area contributed by atoms with E-state index in [1.54, 1.807) is 0 Å². The Morgan fingerprint density at radius 3 is 2.65 bits per heavy atom. The molecule has 128 valence electrons. The Kier molecular flexibility index (Phi) is 5.10. The molecule has 0 saturated carbocycles. The molecule has 3 N–H and O–H groups in total. The van der Waals surface area contributed by atoms with E-state index in [-0.39, 0.29) is 0 Å². The highest BCUT2D eigenvalue weighted by atomic mass is 31.2. The molecule has 4 atom stereocenters. The fraction of sp³-hybridized carbons (Fsp3) is 0.571. The van der Waals surface area contributed by atoms with Crippen LogP contribution in [0.5, 0.6) is 0 Å². The third-order valence-corrected chi connectivity index (χ3v) is 5.23. The fourth-order valence-corrected chi connectivity index (χ4v) is 3.40. The van der Waals surface area contributed by atoms with Crippen molar-refractivity contribution in [2.75, 3.05) is 19.5 Å². The van der Waals surface area contributed by atoms with Crippen LogP contribution in [0, 0.1) is 0 Å². The van der Waals surface area contributed by atoms with Crippen molar-refractivity contribution >= 4 is 19.4 Å². The fourth-order valence-electron chi connectivity index (χ4n) is 2.45. The van der Waals surface area contributed by atoms with Crippen molar-refractivity contribution in [3.05, 3.63) is 33.9 Å². The molecule has 8 nitrogen and oxygen atoms in total. The first kappa shape index (κ1) is 17.9. The summed E-state index contributed by atoms with van der Waals surface area (Å²) < 4.78 is 7.77. The average molecular weight is 344 g/mol. The van der Waals surface area contributed by atoms with Crippen LogP contribution in [-0.2, 0) is 4.74 Å². The van der Waals surface area contributed by atoms with Crippen molar-refractivity contribution in [3.8, 4) is 0 Å². The summed E-state index contributed by atoms with van der Waals surface area (Å²) in [7, 11) is 0. The van der Waals surface area contributed by atoms with Crippen LogP contribution in [-0.4, -0.2) is 63.9 Å². The van der Waals surface area contributed by atoms with Gasteiger partial charge in [0, 0.05) is 0 Å². The van der Waals surface area contributed by atoms with Gasteiger partial charge in [-0.15, -0.1) is 13.2 Å². The molecular formula is C14H23N3O5P+. The van der Waals surface area contributed by atoms with E-state index in [0.29, 0.717) is 6.42 Å². The molecule has 0 radical (unpaired) electrons. The molecular weight excluding hydrogens is 321 g/mol. The van der Waals surface area contributed by atoms with Gasteiger partial charge < -0.3 is 14.9 Å². The van der Waals surface area contributed by atoms with Crippen molar-refractivity contribution in [1.29, 1.82) is 0 Å². The van der Waals surface area contributed by atoms with Gasteiger partial charge in [0.1, 0.15) is 12.2 Å². The predicted molar refractivity (Wildman–Crippen MR) is 89.2 cm³/mol. The second kappa shape index (κ2) is 6.57. The zero-order chi connectivity index (χ0) is 17.4. The maximum absolute atomic E-state index is 12.0. The van der Waals surface area contributed by atoms with E-state index in [0.717, 1.165) is 15.3 Å². The zero-order valence-electron chi connectivity index (χ0n) is 13.3.